The minimum atomic E-state index is -3.79. The van der Waals surface area contributed by atoms with Crippen molar-refractivity contribution in [3.8, 4) is 5.75 Å². The van der Waals surface area contributed by atoms with Crippen LogP contribution in [-0.4, -0.2) is 47.5 Å². The van der Waals surface area contributed by atoms with E-state index in [4.69, 9.17) is 9.47 Å². The second-order valence-electron chi connectivity index (χ2n) is 10.6. The number of anilines is 2. The highest BCUT2D eigenvalue weighted by Gasteiger charge is 2.38. The number of sulfonamides is 1. The van der Waals surface area contributed by atoms with Gasteiger partial charge in [-0.2, -0.15) is 0 Å². The van der Waals surface area contributed by atoms with Crippen molar-refractivity contribution in [3.05, 3.63) is 108 Å². The number of likely N-dealkylation sites (N-methyl/N-ethyl adjacent to an activating group) is 1. The molecule has 4 aromatic rings. The van der Waals surface area contributed by atoms with Gasteiger partial charge < -0.3 is 14.4 Å². The van der Waals surface area contributed by atoms with Gasteiger partial charge in [-0.15, -0.1) is 0 Å². The Balaban J connectivity index is 1.15. The zero-order chi connectivity index (χ0) is 30.1. The van der Waals surface area contributed by atoms with Crippen molar-refractivity contribution in [3.63, 3.8) is 0 Å². The molecule has 0 saturated carbocycles. The maximum absolute atomic E-state index is 13.2. The Bertz CT molecular complexity index is 1800. The maximum atomic E-state index is 13.2. The van der Waals surface area contributed by atoms with Crippen LogP contribution in [0.3, 0.4) is 0 Å². The molecule has 5 rings (SSSR count). The monoisotopic (exact) mass is 584 g/mol. The van der Waals surface area contributed by atoms with Crippen LogP contribution in [0.5, 0.6) is 5.75 Å². The molecule has 1 aliphatic rings. The second-order valence-corrected chi connectivity index (χ2v) is 12.6. The summed E-state index contributed by atoms with van der Waals surface area (Å²) >= 11 is 0. The van der Waals surface area contributed by atoms with Gasteiger partial charge in [0.2, 0.25) is 0 Å². The standard InChI is InChI=1S/C33H32N2O6S/c1-33(2)29-11-7-8-12-30(29)34(3)31(33)20-26(36)21-41-32(37)22-40-27-16-14-25(15-17-27)35(4)42(38,39)28-18-13-23-9-5-6-10-24(23)19-28/h5-20H,21-22H2,1-4H3. The third kappa shape index (κ3) is 5.60. The summed E-state index contributed by atoms with van der Waals surface area (Å²) in [4.78, 5) is 27.1. The molecule has 9 heteroatoms. The van der Waals surface area contributed by atoms with E-state index in [1.165, 1.54) is 17.4 Å². The van der Waals surface area contributed by atoms with Crippen LogP contribution in [-0.2, 0) is 29.8 Å². The van der Waals surface area contributed by atoms with Crippen LogP contribution in [0.2, 0.25) is 0 Å². The molecule has 0 fully saturated rings. The molecule has 0 saturated heterocycles. The first kappa shape index (κ1) is 28.9. The first-order valence-electron chi connectivity index (χ1n) is 13.4. The first-order valence-corrected chi connectivity index (χ1v) is 14.9. The molecule has 8 nitrogen and oxygen atoms in total. The van der Waals surface area contributed by atoms with E-state index < -0.39 is 29.2 Å². The van der Waals surface area contributed by atoms with Crippen molar-refractivity contribution >= 4 is 43.9 Å². The molecule has 0 N–H and O–H groups in total. The van der Waals surface area contributed by atoms with Crippen LogP contribution in [0.1, 0.15) is 19.4 Å². The Morgan fingerprint density at radius 3 is 2.26 bits per heavy atom. The van der Waals surface area contributed by atoms with Crippen molar-refractivity contribution in [2.75, 3.05) is 36.5 Å². The van der Waals surface area contributed by atoms with E-state index in [-0.39, 0.29) is 16.1 Å². The lowest BCUT2D eigenvalue weighted by atomic mass is 9.83. The van der Waals surface area contributed by atoms with Crippen LogP contribution >= 0.6 is 0 Å². The fourth-order valence-electron chi connectivity index (χ4n) is 5.17. The molecule has 1 heterocycles. The van der Waals surface area contributed by atoms with Crippen molar-refractivity contribution in [1.82, 2.24) is 0 Å². The minimum absolute atomic E-state index is 0.185. The molecule has 0 aliphatic carbocycles. The molecule has 216 valence electrons. The molecule has 1 aliphatic heterocycles. The number of ether oxygens (including phenoxy) is 2. The van der Waals surface area contributed by atoms with Gasteiger partial charge in [0.1, 0.15) is 5.75 Å². The Kier molecular flexibility index (Phi) is 7.79. The number of ketones is 1. The molecule has 4 aromatic carbocycles. The topological polar surface area (TPSA) is 93.2 Å². The lowest BCUT2D eigenvalue weighted by Crippen LogP contribution is -2.26. The van der Waals surface area contributed by atoms with Gasteiger partial charge in [-0.1, -0.05) is 62.4 Å². The van der Waals surface area contributed by atoms with Crippen molar-refractivity contribution < 1.29 is 27.5 Å². The van der Waals surface area contributed by atoms with E-state index in [1.807, 2.05) is 60.5 Å². The summed E-state index contributed by atoms with van der Waals surface area (Å²) in [5, 5.41) is 1.79. The molecular formula is C33H32N2O6S. The van der Waals surface area contributed by atoms with Gasteiger partial charge >= 0.3 is 5.97 Å². The predicted octanol–water partition coefficient (Wildman–Crippen LogP) is 5.47. The van der Waals surface area contributed by atoms with E-state index in [0.29, 0.717) is 11.4 Å². The minimum Gasteiger partial charge on any atom is -0.482 e. The predicted molar refractivity (Wildman–Crippen MR) is 163 cm³/mol. The van der Waals surface area contributed by atoms with Crippen LogP contribution in [0, 0.1) is 0 Å². The number of allylic oxidation sites excluding steroid dienone is 1. The first-order chi connectivity index (χ1) is 20.0. The third-order valence-electron chi connectivity index (χ3n) is 7.55. The molecule has 0 atom stereocenters. The number of carbonyl (C=O) groups is 2. The zero-order valence-electron chi connectivity index (χ0n) is 23.9. The molecule has 0 radical (unpaired) electrons. The summed E-state index contributed by atoms with van der Waals surface area (Å²) < 4.78 is 38.3. The molecule has 42 heavy (non-hydrogen) atoms. The van der Waals surface area contributed by atoms with Gasteiger partial charge in [0.25, 0.3) is 10.0 Å². The highest BCUT2D eigenvalue weighted by molar-refractivity contribution is 7.92. The normalized spacial score (nSPS) is 15.0. The fourth-order valence-corrected chi connectivity index (χ4v) is 6.40. The number of nitrogens with zero attached hydrogens (tertiary/aromatic N) is 2. The molecule has 0 unspecified atom stereocenters. The van der Waals surface area contributed by atoms with Gasteiger partial charge in [0.15, 0.2) is 19.0 Å². The SMILES string of the molecule is CN1C(=CC(=O)COC(=O)COc2ccc(N(C)S(=O)(=O)c3ccc4ccccc4c3)cc2)C(C)(C)c2ccccc21. The van der Waals surface area contributed by atoms with Crippen molar-refractivity contribution in [2.24, 2.45) is 0 Å². The fraction of sp³-hybridized carbons (Fsp3) is 0.212. The number of carbonyl (C=O) groups excluding carboxylic acids is 2. The van der Waals surface area contributed by atoms with Gasteiger partial charge in [-0.05, 0) is 58.8 Å². The Morgan fingerprint density at radius 1 is 0.881 bits per heavy atom. The smallest absolute Gasteiger partial charge is 0.344 e. The number of para-hydroxylation sites is 1. The summed E-state index contributed by atoms with van der Waals surface area (Å²) in [5.74, 6) is -0.664. The highest BCUT2D eigenvalue weighted by Crippen LogP contribution is 2.46. The lowest BCUT2D eigenvalue weighted by molar-refractivity contribution is -0.148. The average Bonchev–Trinajstić information content (AvgIpc) is 3.19. The second kappa shape index (κ2) is 11.3. The molecular weight excluding hydrogens is 552 g/mol. The van der Waals surface area contributed by atoms with E-state index in [1.54, 1.807) is 42.5 Å². The Morgan fingerprint density at radius 2 is 1.55 bits per heavy atom. The van der Waals surface area contributed by atoms with Crippen LogP contribution in [0.15, 0.2) is 108 Å². The van der Waals surface area contributed by atoms with Crippen LogP contribution in [0.25, 0.3) is 10.8 Å². The van der Waals surface area contributed by atoms with E-state index in [0.717, 1.165) is 27.7 Å². The maximum Gasteiger partial charge on any atom is 0.344 e. The number of rotatable bonds is 9. The third-order valence-corrected chi connectivity index (χ3v) is 9.33. The number of hydrogen-bond donors (Lipinski definition) is 0. The summed E-state index contributed by atoms with van der Waals surface area (Å²) in [6.45, 7) is 3.31. The zero-order valence-corrected chi connectivity index (χ0v) is 24.7. The molecule has 0 amide bonds. The Labute approximate surface area is 245 Å². The summed E-state index contributed by atoms with van der Waals surface area (Å²) in [6.07, 6.45) is 1.52. The number of fused-ring (bicyclic) bond motifs is 2. The van der Waals surface area contributed by atoms with Gasteiger partial charge in [-0.25, -0.2) is 13.2 Å². The van der Waals surface area contributed by atoms with E-state index >= 15 is 0 Å². The van der Waals surface area contributed by atoms with Gasteiger partial charge in [0, 0.05) is 37.0 Å². The number of benzene rings is 4. The summed E-state index contributed by atoms with van der Waals surface area (Å²) in [7, 11) is -0.403. The van der Waals surface area contributed by atoms with Crippen molar-refractivity contribution in [1.29, 1.82) is 0 Å². The van der Waals surface area contributed by atoms with Gasteiger partial charge in [-0.3, -0.25) is 9.10 Å². The summed E-state index contributed by atoms with van der Waals surface area (Å²) in [6, 6.07) is 26.9. The molecule has 0 aromatic heterocycles. The lowest BCUT2D eigenvalue weighted by Gasteiger charge is -2.23. The van der Waals surface area contributed by atoms with E-state index in [2.05, 4.69) is 13.8 Å². The molecule has 0 spiro atoms. The summed E-state index contributed by atoms with van der Waals surface area (Å²) in [5.41, 5.74) is 3.06. The number of esters is 1. The largest absolute Gasteiger partial charge is 0.482 e. The molecule has 0 bridgehead atoms. The Hall–Kier alpha value is -4.63. The van der Waals surface area contributed by atoms with E-state index in [9.17, 15) is 18.0 Å². The van der Waals surface area contributed by atoms with Gasteiger partial charge in [0.05, 0.1) is 10.6 Å². The van der Waals surface area contributed by atoms with Crippen molar-refractivity contribution in [2.45, 2.75) is 24.2 Å². The quantitative estimate of drug-likeness (QED) is 0.190. The van der Waals surface area contributed by atoms with Crippen LogP contribution in [0.4, 0.5) is 11.4 Å². The number of hydrogen-bond acceptors (Lipinski definition) is 7. The van der Waals surface area contributed by atoms with Crippen LogP contribution < -0.4 is 13.9 Å². The average molecular weight is 585 g/mol. The highest BCUT2D eigenvalue weighted by atomic mass is 32.2.